The third-order valence-electron chi connectivity index (χ3n) is 3.48. The molecule has 3 nitrogen and oxygen atoms in total. The second kappa shape index (κ2) is 4.93. The number of H-pyrrole nitrogens is 1. The Kier molecular flexibility index (Phi) is 3.11. The van der Waals surface area contributed by atoms with Crippen LogP contribution in [0.3, 0.4) is 0 Å². The largest absolute Gasteiger partial charge is 0.360 e. The number of benzene rings is 1. The van der Waals surface area contributed by atoms with Crippen molar-refractivity contribution in [3.63, 3.8) is 0 Å². The van der Waals surface area contributed by atoms with E-state index in [1.54, 1.807) is 6.92 Å². The molecule has 100 valence electrons. The number of aryl methyl sites for hydroxylation is 1. The van der Waals surface area contributed by atoms with E-state index in [9.17, 15) is 4.79 Å². The molecule has 0 unspecified atom stereocenters. The number of Topliss-reactive ketones (excluding diaryl/α,β-unsaturated/α-hetero) is 1. The van der Waals surface area contributed by atoms with Crippen molar-refractivity contribution in [3.05, 3.63) is 54.0 Å². The predicted molar refractivity (Wildman–Crippen MR) is 80.7 cm³/mol. The summed E-state index contributed by atoms with van der Waals surface area (Å²) < 4.78 is 0. The van der Waals surface area contributed by atoms with E-state index in [1.165, 1.54) is 0 Å². The van der Waals surface area contributed by atoms with Gasteiger partial charge in [0.25, 0.3) is 0 Å². The quantitative estimate of drug-likeness (QED) is 0.784. The number of nitrogens with one attached hydrogen (secondary N) is 1. The number of aromatic nitrogens is 2. The number of aromatic amines is 1. The second-order valence-corrected chi connectivity index (χ2v) is 5.10. The number of fused-ring (bicyclic) bond motifs is 1. The van der Waals surface area contributed by atoms with Crippen LogP contribution in [0.1, 0.15) is 18.2 Å². The number of nitrogens with zero attached hydrogens (tertiary/aromatic N) is 1. The van der Waals surface area contributed by atoms with Crippen molar-refractivity contribution < 1.29 is 4.79 Å². The molecular formula is C17H16N2O. The summed E-state index contributed by atoms with van der Waals surface area (Å²) in [7, 11) is 0. The Bertz CT molecular complexity index is 787. The second-order valence-electron chi connectivity index (χ2n) is 5.10. The van der Waals surface area contributed by atoms with Crippen molar-refractivity contribution in [1.29, 1.82) is 0 Å². The van der Waals surface area contributed by atoms with Gasteiger partial charge in [0.05, 0.1) is 11.2 Å². The van der Waals surface area contributed by atoms with E-state index in [1.807, 2.05) is 31.5 Å². The minimum atomic E-state index is 0.177. The molecule has 3 heteroatoms. The number of ketones is 1. The number of carbonyl (C=O) groups is 1. The van der Waals surface area contributed by atoms with E-state index in [-0.39, 0.29) is 5.78 Å². The van der Waals surface area contributed by atoms with Crippen molar-refractivity contribution in [3.8, 4) is 11.1 Å². The van der Waals surface area contributed by atoms with Crippen LogP contribution in [0.25, 0.3) is 22.0 Å². The molecule has 0 radical (unpaired) electrons. The van der Waals surface area contributed by atoms with Gasteiger partial charge in [-0.1, -0.05) is 24.3 Å². The first-order valence-corrected chi connectivity index (χ1v) is 6.66. The van der Waals surface area contributed by atoms with E-state index in [0.29, 0.717) is 6.42 Å². The highest BCUT2D eigenvalue weighted by Crippen LogP contribution is 2.29. The van der Waals surface area contributed by atoms with E-state index in [0.717, 1.165) is 33.3 Å². The van der Waals surface area contributed by atoms with Crippen LogP contribution in [0, 0.1) is 6.92 Å². The summed E-state index contributed by atoms with van der Waals surface area (Å²) in [6.07, 6.45) is 4.31. The zero-order chi connectivity index (χ0) is 14.1. The van der Waals surface area contributed by atoms with Crippen LogP contribution in [-0.4, -0.2) is 15.8 Å². The Morgan fingerprint density at radius 1 is 1.30 bits per heavy atom. The fourth-order valence-corrected chi connectivity index (χ4v) is 2.55. The number of hydrogen-bond donors (Lipinski definition) is 1. The molecule has 0 aliphatic rings. The molecular weight excluding hydrogens is 248 g/mol. The summed E-state index contributed by atoms with van der Waals surface area (Å²) in [4.78, 5) is 18.9. The van der Waals surface area contributed by atoms with Crippen LogP contribution in [0.15, 0.2) is 42.7 Å². The van der Waals surface area contributed by atoms with Gasteiger partial charge in [-0.2, -0.15) is 0 Å². The fraction of sp³-hybridized carbons (Fsp3) is 0.176. The van der Waals surface area contributed by atoms with Crippen LogP contribution < -0.4 is 0 Å². The highest BCUT2D eigenvalue weighted by Gasteiger charge is 2.08. The number of rotatable bonds is 3. The lowest BCUT2D eigenvalue weighted by molar-refractivity contribution is -0.116. The molecule has 0 bridgehead atoms. The summed E-state index contributed by atoms with van der Waals surface area (Å²) in [6, 6.07) is 10.2. The van der Waals surface area contributed by atoms with E-state index in [4.69, 9.17) is 0 Å². The standard InChI is InChI=1S/C17H16N2O/c1-11(20)8-13-4-3-5-14(9-13)16-10-19-12(2)17-15(16)6-7-18-17/h3-7,9-10,18H,8H2,1-2H3. The Morgan fingerprint density at radius 3 is 2.95 bits per heavy atom. The number of hydrogen-bond acceptors (Lipinski definition) is 2. The zero-order valence-electron chi connectivity index (χ0n) is 11.6. The molecule has 0 spiro atoms. The van der Waals surface area contributed by atoms with Crippen LogP contribution in [0.4, 0.5) is 0 Å². The third kappa shape index (κ3) is 2.23. The van der Waals surface area contributed by atoms with E-state index < -0.39 is 0 Å². The van der Waals surface area contributed by atoms with Crippen molar-refractivity contribution in [1.82, 2.24) is 9.97 Å². The average Bonchev–Trinajstić information content (AvgIpc) is 2.89. The summed E-state index contributed by atoms with van der Waals surface area (Å²) in [5.41, 5.74) is 5.30. The van der Waals surface area contributed by atoms with Gasteiger partial charge in [0.15, 0.2) is 0 Å². The molecule has 20 heavy (non-hydrogen) atoms. The van der Waals surface area contributed by atoms with Crippen molar-refractivity contribution in [2.24, 2.45) is 0 Å². The first kappa shape index (κ1) is 12.6. The maximum atomic E-state index is 11.3. The summed E-state index contributed by atoms with van der Waals surface area (Å²) >= 11 is 0. The fourth-order valence-electron chi connectivity index (χ4n) is 2.55. The molecule has 0 fully saturated rings. The van der Waals surface area contributed by atoms with Crippen molar-refractivity contribution in [2.75, 3.05) is 0 Å². The number of pyridine rings is 1. The molecule has 0 saturated heterocycles. The van der Waals surface area contributed by atoms with Gasteiger partial charge < -0.3 is 4.98 Å². The lowest BCUT2D eigenvalue weighted by Gasteiger charge is -2.07. The summed E-state index contributed by atoms with van der Waals surface area (Å²) in [6.45, 7) is 3.61. The van der Waals surface area contributed by atoms with Gasteiger partial charge in [0, 0.05) is 29.8 Å². The molecule has 3 aromatic rings. The van der Waals surface area contributed by atoms with Crippen LogP contribution in [-0.2, 0) is 11.2 Å². The van der Waals surface area contributed by atoms with Gasteiger partial charge in [-0.05, 0) is 31.0 Å². The van der Waals surface area contributed by atoms with Gasteiger partial charge in [0.1, 0.15) is 5.78 Å². The lowest BCUT2D eigenvalue weighted by atomic mass is 9.99. The highest BCUT2D eigenvalue weighted by atomic mass is 16.1. The SMILES string of the molecule is CC(=O)Cc1cccc(-c2cnc(C)c3[nH]ccc23)c1. The predicted octanol–water partition coefficient (Wildman–Crippen LogP) is 3.67. The average molecular weight is 264 g/mol. The molecule has 0 saturated carbocycles. The van der Waals surface area contributed by atoms with Crippen molar-refractivity contribution >= 4 is 16.7 Å². The molecule has 0 aliphatic heterocycles. The van der Waals surface area contributed by atoms with Gasteiger partial charge in [-0.25, -0.2) is 0 Å². The van der Waals surface area contributed by atoms with Gasteiger partial charge in [-0.15, -0.1) is 0 Å². The van der Waals surface area contributed by atoms with Crippen LogP contribution in [0.2, 0.25) is 0 Å². The highest BCUT2D eigenvalue weighted by molar-refractivity contribution is 5.95. The molecule has 0 aliphatic carbocycles. The minimum absolute atomic E-state index is 0.177. The van der Waals surface area contributed by atoms with E-state index >= 15 is 0 Å². The Morgan fingerprint density at radius 2 is 2.15 bits per heavy atom. The Hall–Kier alpha value is -2.42. The third-order valence-corrected chi connectivity index (χ3v) is 3.48. The molecule has 0 atom stereocenters. The number of carbonyl (C=O) groups excluding carboxylic acids is 1. The summed E-state index contributed by atoms with van der Waals surface area (Å²) in [5.74, 6) is 0.177. The van der Waals surface area contributed by atoms with Gasteiger partial charge in [-0.3, -0.25) is 9.78 Å². The van der Waals surface area contributed by atoms with Gasteiger partial charge >= 0.3 is 0 Å². The first-order valence-electron chi connectivity index (χ1n) is 6.66. The van der Waals surface area contributed by atoms with E-state index in [2.05, 4.69) is 28.2 Å². The van der Waals surface area contributed by atoms with Crippen LogP contribution >= 0.6 is 0 Å². The normalized spacial score (nSPS) is 10.9. The molecule has 2 heterocycles. The van der Waals surface area contributed by atoms with Crippen LogP contribution in [0.5, 0.6) is 0 Å². The maximum absolute atomic E-state index is 11.3. The molecule has 1 N–H and O–H groups in total. The molecule has 2 aromatic heterocycles. The molecule has 1 aromatic carbocycles. The topological polar surface area (TPSA) is 45.8 Å². The lowest BCUT2D eigenvalue weighted by Crippen LogP contribution is -1.96. The van der Waals surface area contributed by atoms with Crippen molar-refractivity contribution in [2.45, 2.75) is 20.3 Å². The Balaban J connectivity index is 2.13. The minimum Gasteiger partial charge on any atom is -0.360 e. The summed E-state index contributed by atoms with van der Waals surface area (Å²) in [5, 5.41) is 1.16. The Labute approximate surface area is 117 Å². The smallest absolute Gasteiger partial charge is 0.134 e. The monoisotopic (exact) mass is 264 g/mol. The first-order chi connectivity index (χ1) is 9.65. The zero-order valence-corrected chi connectivity index (χ0v) is 11.6. The van der Waals surface area contributed by atoms with Gasteiger partial charge in [0.2, 0.25) is 0 Å². The molecule has 0 amide bonds. The molecule has 3 rings (SSSR count). The maximum Gasteiger partial charge on any atom is 0.134 e.